The highest BCUT2D eigenvalue weighted by Crippen LogP contribution is 2.55. The van der Waals surface area contributed by atoms with Gasteiger partial charge in [0.2, 0.25) is 5.82 Å². The Morgan fingerprint density at radius 1 is 1.21 bits per heavy atom. The maximum atomic E-state index is 15.1. The molecule has 1 aliphatic rings. The number of benzene rings is 1. The van der Waals surface area contributed by atoms with E-state index < -0.39 is 58.9 Å². The number of nitrogens with zero attached hydrogens (tertiary/aromatic N) is 3. The molecule has 0 radical (unpaired) electrons. The van der Waals surface area contributed by atoms with Gasteiger partial charge >= 0.3 is 6.18 Å². The standard InChI is InChI=1S/C25H24F5N5O4/c1-12-18(14-4-5-15(26)19(27)20(14)38-11-17-33-8-9-35(17)3)21(39-24(12,2)25(28,29)30)23(37)34-13-6-7-32-16(10-13)22(31)36/h4-10,12,18,21H,11H2,1-3H3,(H2,31,36)(H,32,34,37)/t12-,18-,21+,24+/m0/s1. The number of aryl methyl sites for hydroxylation is 1. The summed E-state index contributed by atoms with van der Waals surface area (Å²) in [6, 6.07) is 4.23. The SMILES string of the molecule is C[C@H]1[C@@H](c2ccc(F)c(F)c2OCc2nccn2C)[C@H](C(=O)Nc2ccnc(C(N)=O)c2)O[C@@]1(C)C(F)(F)F. The molecule has 2 aromatic heterocycles. The summed E-state index contributed by atoms with van der Waals surface area (Å²) in [5.41, 5.74) is 1.98. The van der Waals surface area contributed by atoms with Crippen LogP contribution in [-0.4, -0.2) is 44.2 Å². The largest absolute Gasteiger partial charge is 0.482 e. The first-order chi connectivity index (χ1) is 18.2. The highest BCUT2D eigenvalue weighted by atomic mass is 19.4. The van der Waals surface area contributed by atoms with E-state index in [1.165, 1.54) is 25.4 Å². The number of amides is 2. The van der Waals surface area contributed by atoms with Crippen LogP contribution < -0.4 is 15.8 Å². The van der Waals surface area contributed by atoms with Crippen LogP contribution in [-0.2, 0) is 23.2 Å². The number of imidazole rings is 1. The van der Waals surface area contributed by atoms with Gasteiger partial charge in [-0.15, -0.1) is 0 Å². The Kier molecular flexibility index (Phi) is 7.34. The van der Waals surface area contributed by atoms with Gasteiger partial charge in [0.25, 0.3) is 11.8 Å². The fourth-order valence-corrected chi connectivity index (χ4v) is 4.51. The van der Waals surface area contributed by atoms with Crippen LogP contribution in [0.1, 0.15) is 41.6 Å². The molecule has 4 rings (SSSR count). The predicted molar refractivity (Wildman–Crippen MR) is 127 cm³/mol. The van der Waals surface area contributed by atoms with Crippen molar-refractivity contribution in [1.29, 1.82) is 0 Å². The van der Waals surface area contributed by atoms with Crippen molar-refractivity contribution in [2.24, 2.45) is 18.7 Å². The molecule has 14 heteroatoms. The fourth-order valence-electron chi connectivity index (χ4n) is 4.51. The molecule has 0 unspecified atom stereocenters. The van der Waals surface area contributed by atoms with Crippen molar-refractivity contribution in [2.45, 2.75) is 44.3 Å². The Bertz CT molecular complexity index is 1410. The first-order valence-corrected chi connectivity index (χ1v) is 11.6. The summed E-state index contributed by atoms with van der Waals surface area (Å²) >= 11 is 0. The lowest BCUT2D eigenvalue weighted by atomic mass is 9.77. The molecule has 0 aliphatic carbocycles. The van der Waals surface area contributed by atoms with E-state index >= 15 is 4.39 Å². The lowest BCUT2D eigenvalue weighted by Gasteiger charge is -2.32. The van der Waals surface area contributed by atoms with Crippen LogP contribution in [0.5, 0.6) is 5.75 Å². The van der Waals surface area contributed by atoms with Crippen LogP contribution in [0.3, 0.4) is 0 Å². The van der Waals surface area contributed by atoms with E-state index in [9.17, 15) is 27.2 Å². The first-order valence-electron chi connectivity index (χ1n) is 11.6. The highest BCUT2D eigenvalue weighted by molar-refractivity contribution is 5.97. The van der Waals surface area contributed by atoms with Gasteiger partial charge in [-0.05, 0) is 25.1 Å². The molecule has 3 N–H and O–H groups in total. The normalized spacial score (nSPS) is 23.0. The van der Waals surface area contributed by atoms with Gasteiger partial charge in [0.05, 0.1) is 0 Å². The molecule has 1 fully saturated rings. The van der Waals surface area contributed by atoms with Crippen LogP contribution in [0.15, 0.2) is 42.9 Å². The molecule has 9 nitrogen and oxygen atoms in total. The Morgan fingerprint density at radius 2 is 1.92 bits per heavy atom. The second-order valence-electron chi connectivity index (χ2n) is 9.26. The smallest absolute Gasteiger partial charge is 0.417 e. The van der Waals surface area contributed by atoms with Crippen molar-refractivity contribution < 1.29 is 41.0 Å². The number of rotatable bonds is 7. The van der Waals surface area contributed by atoms with Crippen LogP contribution in [0.25, 0.3) is 0 Å². The number of halogens is 5. The second-order valence-corrected chi connectivity index (χ2v) is 9.26. The molecule has 208 valence electrons. The zero-order valence-electron chi connectivity index (χ0n) is 20.9. The second kappa shape index (κ2) is 10.2. The van der Waals surface area contributed by atoms with E-state index in [0.717, 1.165) is 25.1 Å². The summed E-state index contributed by atoms with van der Waals surface area (Å²) in [6.45, 7) is 1.65. The summed E-state index contributed by atoms with van der Waals surface area (Å²) in [7, 11) is 1.64. The molecular formula is C25H24F5N5O4. The quantitative estimate of drug-likeness (QED) is 0.429. The van der Waals surface area contributed by atoms with Gasteiger partial charge in [0.15, 0.2) is 17.2 Å². The molecule has 3 aromatic rings. The lowest BCUT2D eigenvalue weighted by Crippen LogP contribution is -2.47. The topological polar surface area (TPSA) is 121 Å². The number of nitrogens with one attached hydrogen (secondary N) is 1. The van der Waals surface area contributed by atoms with Gasteiger partial charge in [-0.1, -0.05) is 13.0 Å². The van der Waals surface area contributed by atoms with E-state index in [4.69, 9.17) is 15.2 Å². The van der Waals surface area contributed by atoms with E-state index in [-0.39, 0.29) is 23.6 Å². The minimum atomic E-state index is -4.93. The van der Waals surface area contributed by atoms with Crippen LogP contribution in [0.2, 0.25) is 0 Å². The Morgan fingerprint density at radius 3 is 2.54 bits per heavy atom. The van der Waals surface area contributed by atoms with E-state index in [1.54, 1.807) is 17.8 Å². The number of hydrogen-bond donors (Lipinski definition) is 2. The summed E-state index contributed by atoms with van der Waals surface area (Å²) in [5, 5.41) is 2.39. The molecule has 2 amide bonds. The molecule has 1 aromatic carbocycles. The third-order valence-electron chi connectivity index (χ3n) is 6.91. The number of aromatic nitrogens is 3. The molecule has 0 saturated carbocycles. The highest BCUT2D eigenvalue weighted by Gasteiger charge is 2.66. The molecule has 39 heavy (non-hydrogen) atoms. The van der Waals surface area contributed by atoms with Gasteiger partial charge in [0.1, 0.15) is 24.2 Å². The molecule has 4 atom stereocenters. The molecule has 0 bridgehead atoms. The summed E-state index contributed by atoms with van der Waals surface area (Å²) in [4.78, 5) is 32.6. The molecular weight excluding hydrogens is 529 g/mol. The van der Waals surface area contributed by atoms with Gasteiger partial charge in [0, 0.05) is 48.7 Å². The van der Waals surface area contributed by atoms with Crippen molar-refractivity contribution in [3.63, 3.8) is 0 Å². The number of anilines is 1. The molecule has 0 spiro atoms. The van der Waals surface area contributed by atoms with Gasteiger partial charge < -0.3 is 25.1 Å². The first kappa shape index (κ1) is 28.0. The number of nitrogens with two attached hydrogens (primary N) is 1. The van der Waals surface area contributed by atoms with Crippen molar-refractivity contribution in [3.8, 4) is 5.75 Å². The van der Waals surface area contributed by atoms with Gasteiger partial charge in [-0.25, -0.2) is 9.37 Å². The van der Waals surface area contributed by atoms with Crippen LogP contribution in [0, 0.1) is 17.6 Å². The molecule has 1 aliphatic heterocycles. The average molecular weight is 553 g/mol. The summed E-state index contributed by atoms with van der Waals surface area (Å²) < 4.78 is 84.5. The lowest BCUT2D eigenvalue weighted by molar-refractivity contribution is -0.272. The summed E-state index contributed by atoms with van der Waals surface area (Å²) in [6.07, 6.45) is -2.54. The van der Waals surface area contributed by atoms with Gasteiger partial charge in [-0.3, -0.25) is 14.6 Å². The van der Waals surface area contributed by atoms with Gasteiger partial charge in [-0.2, -0.15) is 17.6 Å². The fraction of sp³-hybridized carbons (Fsp3) is 0.360. The Labute approximate surface area is 219 Å². The number of ether oxygens (including phenoxy) is 2. The van der Waals surface area contributed by atoms with E-state index in [0.29, 0.717) is 5.82 Å². The molecule has 1 saturated heterocycles. The third-order valence-corrected chi connectivity index (χ3v) is 6.91. The van der Waals surface area contributed by atoms with Crippen LogP contribution in [0.4, 0.5) is 27.6 Å². The number of hydrogen-bond acceptors (Lipinski definition) is 6. The third kappa shape index (κ3) is 5.15. The maximum absolute atomic E-state index is 15.1. The Hall–Kier alpha value is -4.07. The predicted octanol–water partition coefficient (Wildman–Crippen LogP) is 3.85. The van der Waals surface area contributed by atoms with Crippen molar-refractivity contribution in [3.05, 3.63) is 71.6 Å². The summed E-state index contributed by atoms with van der Waals surface area (Å²) in [5.74, 6) is -7.87. The number of pyridine rings is 1. The zero-order valence-corrected chi connectivity index (χ0v) is 20.9. The average Bonchev–Trinajstić information content (AvgIpc) is 3.40. The zero-order chi connectivity index (χ0) is 28.7. The monoisotopic (exact) mass is 553 g/mol. The minimum absolute atomic E-state index is 0.0101. The number of carbonyl (C=O) groups excluding carboxylic acids is 2. The Balaban J connectivity index is 1.76. The van der Waals surface area contributed by atoms with Crippen LogP contribution >= 0.6 is 0 Å². The van der Waals surface area contributed by atoms with Crippen molar-refractivity contribution in [1.82, 2.24) is 14.5 Å². The van der Waals surface area contributed by atoms with E-state index in [1.807, 2.05) is 0 Å². The van der Waals surface area contributed by atoms with Crippen molar-refractivity contribution in [2.75, 3.05) is 5.32 Å². The molecule has 3 heterocycles. The number of alkyl halides is 3. The van der Waals surface area contributed by atoms with Crippen molar-refractivity contribution >= 4 is 17.5 Å². The maximum Gasteiger partial charge on any atom is 0.417 e. The number of carbonyl (C=O) groups is 2. The number of primary amides is 1. The minimum Gasteiger partial charge on any atom is -0.482 e. The van der Waals surface area contributed by atoms with E-state index in [2.05, 4.69) is 15.3 Å².